The Hall–Kier alpha value is -2.03. The van der Waals surface area contributed by atoms with Crippen molar-refractivity contribution in [2.75, 3.05) is 0 Å². The molecular formula is C13H10O3. The minimum atomic E-state index is -0.0475. The smallest absolute Gasteiger partial charge is 0.182 e. The van der Waals surface area contributed by atoms with Crippen LogP contribution < -0.4 is 5.43 Å². The van der Waals surface area contributed by atoms with Crippen LogP contribution in [0.15, 0.2) is 37.9 Å². The number of rotatable bonds is 0. The molecule has 0 amide bonds. The fourth-order valence-corrected chi connectivity index (χ4v) is 2.03. The van der Waals surface area contributed by atoms with Crippen LogP contribution in [0, 0.1) is 13.8 Å². The lowest BCUT2D eigenvalue weighted by atomic mass is 10.1. The summed E-state index contributed by atoms with van der Waals surface area (Å²) in [7, 11) is 0. The second-order valence-corrected chi connectivity index (χ2v) is 3.96. The highest BCUT2D eigenvalue weighted by molar-refractivity contribution is 6.04. The average molecular weight is 214 g/mol. The maximum atomic E-state index is 11.5. The normalized spacial score (nSPS) is 11.4. The lowest BCUT2D eigenvalue weighted by molar-refractivity contribution is 0.542. The lowest BCUT2D eigenvalue weighted by Crippen LogP contribution is -1.97. The molecule has 3 rings (SSSR count). The molecule has 0 aliphatic rings. The van der Waals surface area contributed by atoms with E-state index in [1.807, 2.05) is 26.0 Å². The van der Waals surface area contributed by atoms with Gasteiger partial charge in [0.1, 0.15) is 22.7 Å². The second kappa shape index (κ2) is 2.98. The van der Waals surface area contributed by atoms with Crippen molar-refractivity contribution >= 4 is 21.9 Å². The first-order chi connectivity index (χ1) is 7.63. The van der Waals surface area contributed by atoms with E-state index in [9.17, 15) is 4.79 Å². The first-order valence-electron chi connectivity index (χ1n) is 5.08. The number of hydrogen-bond acceptors (Lipinski definition) is 3. The number of hydrogen-bond donors (Lipinski definition) is 0. The fourth-order valence-electron chi connectivity index (χ4n) is 2.03. The molecule has 80 valence electrons. The van der Waals surface area contributed by atoms with E-state index in [0.29, 0.717) is 5.58 Å². The lowest BCUT2D eigenvalue weighted by Gasteiger charge is -2.06. The van der Waals surface area contributed by atoms with Gasteiger partial charge in [0.2, 0.25) is 0 Å². The maximum Gasteiger partial charge on any atom is 0.182 e. The highest BCUT2D eigenvalue weighted by Crippen LogP contribution is 2.27. The van der Waals surface area contributed by atoms with Crippen LogP contribution in [0.5, 0.6) is 0 Å². The summed E-state index contributed by atoms with van der Waals surface area (Å²) < 4.78 is 11.1. The molecule has 1 aromatic carbocycles. The molecule has 0 aliphatic carbocycles. The van der Waals surface area contributed by atoms with E-state index in [1.165, 1.54) is 6.07 Å². The molecule has 0 radical (unpaired) electrons. The van der Waals surface area contributed by atoms with E-state index < -0.39 is 0 Å². The molecule has 0 atom stereocenters. The summed E-state index contributed by atoms with van der Waals surface area (Å²) in [4.78, 5) is 11.5. The summed E-state index contributed by atoms with van der Waals surface area (Å²) in [5, 5.41) is 1.74. The van der Waals surface area contributed by atoms with Gasteiger partial charge in [-0.2, -0.15) is 0 Å². The summed E-state index contributed by atoms with van der Waals surface area (Å²) in [5.74, 6) is 1.51. The van der Waals surface area contributed by atoms with Gasteiger partial charge < -0.3 is 8.83 Å². The van der Waals surface area contributed by atoms with Crippen molar-refractivity contribution in [2.45, 2.75) is 13.8 Å². The quantitative estimate of drug-likeness (QED) is 0.577. The van der Waals surface area contributed by atoms with Crippen molar-refractivity contribution in [3.63, 3.8) is 0 Å². The Morgan fingerprint density at radius 1 is 0.875 bits per heavy atom. The molecule has 2 aromatic heterocycles. The highest BCUT2D eigenvalue weighted by Gasteiger charge is 2.09. The Labute approximate surface area is 91.3 Å². The van der Waals surface area contributed by atoms with Gasteiger partial charge in [-0.25, -0.2) is 0 Å². The molecule has 0 fully saturated rings. The molecule has 3 heteroatoms. The molecule has 2 heterocycles. The minimum absolute atomic E-state index is 0.0475. The van der Waals surface area contributed by atoms with E-state index in [1.54, 1.807) is 6.07 Å². The molecular weight excluding hydrogens is 204 g/mol. The Kier molecular flexibility index (Phi) is 1.72. The third-order valence-corrected chi connectivity index (χ3v) is 2.59. The molecule has 0 saturated carbocycles. The largest absolute Gasteiger partial charge is 0.461 e. The Bertz CT molecular complexity index is 689. The summed E-state index contributed by atoms with van der Waals surface area (Å²) in [6.45, 7) is 3.70. The van der Waals surface area contributed by atoms with Crippen LogP contribution in [0.3, 0.4) is 0 Å². The molecule has 0 unspecified atom stereocenters. The van der Waals surface area contributed by atoms with Crippen LogP contribution >= 0.6 is 0 Å². The van der Waals surface area contributed by atoms with Crippen LogP contribution in [-0.2, 0) is 0 Å². The van der Waals surface area contributed by atoms with Crippen molar-refractivity contribution in [2.24, 2.45) is 0 Å². The first-order valence-corrected chi connectivity index (χ1v) is 5.08. The van der Waals surface area contributed by atoms with E-state index in [-0.39, 0.29) is 5.43 Å². The molecule has 0 N–H and O–H groups in total. The number of aryl methyl sites for hydroxylation is 2. The van der Waals surface area contributed by atoms with E-state index in [2.05, 4.69) is 0 Å². The average Bonchev–Trinajstić information content (AvgIpc) is 2.14. The standard InChI is InChI=1S/C13H10O3/c1-7-3-9-5-10(14)6-12-13(9)11(15-7)4-8(2)16-12/h3-6H,1-2H3. The second-order valence-electron chi connectivity index (χ2n) is 3.96. The molecule has 0 bridgehead atoms. The van der Waals surface area contributed by atoms with Gasteiger partial charge in [0.25, 0.3) is 0 Å². The Balaban J connectivity index is 2.69. The van der Waals surface area contributed by atoms with Crippen LogP contribution in [0.1, 0.15) is 11.5 Å². The van der Waals surface area contributed by atoms with Gasteiger partial charge in [-0.05, 0) is 31.4 Å². The molecule has 3 aromatic rings. The van der Waals surface area contributed by atoms with Gasteiger partial charge in [0.05, 0.1) is 5.39 Å². The summed E-state index contributed by atoms with van der Waals surface area (Å²) >= 11 is 0. The zero-order chi connectivity index (χ0) is 11.3. The molecule has 16 heavy (non-hydrogen) atoms. The van der Waals surface area contributed by atoms with Crippen molar-refractivity contribution in [3.05, 3.63) is 46.0 Å². The summed E-state index contributed by atoms with van der Waals surface area (Å²) in [5.41, 5.74) is 1.30. The number of benzene rings is 1. The van der Waals surface area contributed by atoms with Crippen LogP contribution in [0.25, 0.3) is 21.9 Å². The Morgan fingerprint density at radius 2 is 1.50 bits per heavy atom. The molecule has 3 nitrogen and oxygen atoms in total. The Morgan fingerprint density at radius 3 is 2.25 bits per heavy atom. The van der Waals surface area contributed by atoms with Gasteiger partial charge in [-0.15, -0.1) is 0 Å². The van der Waals surface area contributed by atoms with E-state index >= 15 is 0 Å². The van der Waals surface area contributed by atoms with Crippen molar-refractivity contribution < 1.29 is 8.83 Å². The molecule has 0 spiro atoms. The zero-order valence-corrected chi connectivity index (χ0v) is 9.03. The third kappa shape index (κ3) is 1.25. The van der Waals surface area contributed by atoms with E-state index in [4.69, 9.17) is 8.83 Å². The van der Waals surface area contributed by atoms with Gasteiger partial charge in [0.15, 0.2) is 5.43 Å². The third-order valence-electron chi connectivity index (χ3n) is 2.59. The SMILES string of the molecule is Cc1cc2cc(=O)cc3oc(C)cc(o1)c23. The van der Waals surface area contributed by atoms with Crippen molar-refractivity contribution in [1.29, 1.82) is 0 Å². The topological polar surface area (TPSA) is 43.4 Å². The molecule has 0 aliphatic heterocycles. The van der Waals surface area contributed by atoms with Gasteiger partial charge in [-0.1, -0.05) is 0 Å². The van der Waals surface area contributed by atoms with Crippen LogP contribution in [-0.4, -0.2) is 0 Å². The summed E-state index contributed by atoms with van der Waals surface area (Å²) in [6.07, 6.45) is 0. The van der Waals surface area contributed by atoms with Crippen molar-refractivity contribution in [3.8, 4) is 0 Å². The maximum absolute atomic E-state index is 11.5. The van der Waals surface area contributed by atoms with Gasteiger partial charge in [-0.3, -0.25) is 4.79 Å². The fraction of sp³-hybridized carbons (Fsp3) is 0.154. The zero-order valence-electron chi connectivity index (χ0n) is 9.03. The monoisotopic (exact) mass is 214 g/mol. The van der Waals surface area contributed by atoms with Gasteiger partial charge >= 0.3 is 0 Å². The van der Waals surface area contributed by atoms with Crippen LogP contribution in [0.4, 0.5) is 0 Å². The van der Waals surface area contributed by atoms with Gasteiger partial charge in [0, 0.05) is 12.1 Å². The molecule has 0 saturated heterocycles. The highest BCUT2D eigenvalue weighted by atomic mass is 16.4. The minimum Gasteiger partial charge on any atom is -0.461 e. The first kappa shape index (κ1) is 9.21. The van der Waals surface area contributed by atoms with E-state index in [0.717, 1.165) is 27.9 Å². The predicted octanol–water partition coefficient (Wildman–Crippen LogP) is 3.16. The van der Waals surface area contributed by atoms with Crippen molar-refractivity contribution in [1.82, 2.24) is 0 Å². The predicted molar refractivity (Wildman–Crippen MR) is 61.7 cm³/mol. The summed E-state index contributed by atoms with van der Waals surface area (Å²) in [6, 6.07) is 6.78. The van der Waals surface area contributed by atoms with Crippen LogP contribution in [0.2, 0.25) is 0 Å².